The maximum absolute atomic E-state index is 12.0. The molecule has 0 saturated heterocycles. The molecule has 314 valence electrons. The molecule has 2 unspecified atom stereocenters. The van der Waals surface area contributed by atoms with Crippen molar-refractivity contribution in [2.24, 2.45) is 0 Å². The van der Waals surface area contributed by atoms with Crippen LogP contribution in [0.5, 0.6) is 0 Å². The smallest absolute Gasteiger partial charge is 0.361 e. The minimum absolute atomic E-state index is 0.211. The van der Waals surface area contributed by atoms with Crippen LogP contribution in [0.3, 0.4) is 0 Å². The van der Waals surface area contributed by atoms with Crippen LogP contribution in [0.15, 0.2) is 48.6 Å². The van der Waals surface area contributed by atoms with Crippen molar-refractivity contribution >= 4 is 11.9 Å². The van der Waals surface area contributed by atoms with Crippen molar-refractivity contribution in [3.63, 3.8) is 0 Å². The lowest BCUT2D eigenvalue weighted by Gasteiger charge is -2.24. The summed E-state index contributed by atoms with van der Waals surface area (Å²) in [7, 11) is 5.92. The number of nitrogens with zero attached hydrogens (tertiary/aromatic N) is 1. The highest BCUT2D eigenvalue weighted by Crippen LogP contribution is 2.15. The summed E-state index contributed by atoms with van der Waals surface area (Å²) >= 11 is 0. The summed E-state index contributed by atoms with van der Waals surface area (Å²) in [5.74, 6) is -1.60. The molecule has 0 aromatic rings. The van der Waals surface area contributed by atoms with Crippen molar-refractivity contribution < 1.29 is 38.5 Å². The average Bonchev–Trinajstić information content (AvgIpc) is 3.13. The highest BCUT2D eigenvalue weighted by molar-refractivity contribution is 5.70. The molecular weight excluding hydrogens is 679 g/mol. The molecule has 0 spiro atoms. The summed E-state index contributed by atoms with van der Waals surface area (Å²) in [6, 6.07) is 0. The van der Waals surface area contributed by atoms with E-state index in [1.807, 2.05) is 21.1 Å². The Morgan fingerprint density at radius 2 is 0.963 bits per heavy atom. The van der Waals surface area contributed by atoms with Crippen LogP contribution >= 0.6 is 0 Å². The van der Waals surface area contributed by atoms with Crippen LogP contribution in [-0.4, -0.2) is 86.5 Å². The molecule has 8 nitrogen and oxygen atoms in total. The number of hydrogen-bond acceptors (Lipinski definition) is 6. The van der Waals surface area contributed by atoms with E-state index in [1.165, 1.54) is 116 Å². The quantitative estimate of drug-likeness (QED) is 0.0211. The number of carbonyl (C=O) groups excluding carboxylic acids is 1. The molecule has 0 aromatic carbocycles. The Morgan fingerprint density at radius 3 is 1.39 bits per heavy atom. The number of aliphatic hydroxyl groups is 1. The highest BCUT2D eigenvalue weighted by Gasteiger charge is 2.22. The largest absolute Gasteiger partial charge is 0.477 e. The monoisotopic (exact) mass is 763 g/mol. The van der Waals surface area contributed by atoms with Crippen LogP contribution in [0, 0.1) is 0 Å². The number of carboxylic acids is 1. The van der Waals surface area contributed by atoms with Crippen LogP contribution in [0.4, 0.5) is 0 Å². The molecule has 0 radical (unpaired) electrons. The minimum Gasteiger partial charge on any atom is -0.477 e. The number of ether oxygens (including phenoxy) is 3. The lowest BCUT2D eigenvalue weighted by molar-refractivity contribution is -0.870. The first-order valence-electron chi connectivity index (χ1n) is 21.9. The third kappa shape index (κ3) is 40.9. The maximum Gasteiger partial charge on any atom is 0.361 e. The predicted octanol–water partition coefficient (Wildman–Crippen LogP) is 11.4. The molecule has 0 saturated carbocycles. The van der Waals surface area contributed by atoms with Crippen molar-refractivity contribution in [3.05, 3.63) is 48.6 Å². The highest BCUT2D eigenvalue weighted by atomic mass is 16.7. The van der Waals surface area contributed by atoms with Gasteiger partial charge in [0.15, 0.2) is 0 Å². The van der Waals surface area contributed by atoms with Crippen LogP contribution in [0.2, 0.25) is 0 Å². The summed E-state index contributed by atoms with van der Waals surface area (Å²) in [6.45, 7) is 2.48. The number of quaternary nitrogens is 1. The summed E-state index contributed by atoms with van der Waals surface area (Å²) in [5.41, 5.74) is 0. The van der Waals surface area contributed by atoms with Gasteiger partial charge in [-0.05, 0) is 44.9 Å². The van der Waals surface area contributed by atoms with Gasteiger partial charge in [0.25, 0.3) is 6.29 Å². The second-order valence-corrected chi connectivity index (χ2v) is 15.8. The number of allylic oxidation sites excluding steroid dienone is 8. The van der Waals surface area contributed by atoms with E-state index >= 15 is 0 Å². The number of hydrogen-bond donors (Lipinski definition) is 2. The van der Waals surface area contributed by atoms with Gasteiger partial charge in [-0.2, -0.15) is 0 Å². The summed E-state index contributed by atoms with van der Waals surface area (Å²) in [5, 5.41) is 19.3. The van der Waals surface area contributed by atoms with E-state index in [-0.39, 0.29) is 25.8 Å². The first-order valence-corrected chi connectivity index (χ1v) is 21.9. The standard InChI is InChI=1S/C46H83NO7/c1-5-6-7-8-9-10-11-12-13-14-15-16-17-18-19-20-21-22-23-24-25-26-27-28-29-30-31-32-33-34-35-36-37-38-44(49)53-41-43(48)42-54-46(45(50)51)52-40-39-47(2,3)4/h6-7,9-10,12-13,15-16,43,46,48H,5,8,11,14,17-42H2,1-4H3/p+1/b7-6-,10-9-,13-12-,16-15-. The SMILES string of the molecule is CC/C=C\C/C=C\C/C=C\C/C=C\CCCCCCCCCCCCCCCCCCCCCCC(=O)OCC(O)COC(OCC[N+](C)(C)C)C(=O)O. The topological polar surface area (TPSA) is 102 Å². The molecule has 54 heavy (non-hydrogen) atoms. The number of aliphatic hydroxyl groups excluding tert-OH is 1. The first kappa shape index (κ1) is 51.7. The Morgan fingerprint density at radius 1 is 0.556 bits per heavy atom. The fraction of sp³-hybridized carbons (Fsp3) is 0.783. The molecule has 8 heteroatoms. The number of rotatable bonds is 40. The van der Waals surface area contributed by atoms with E-state index in [9.17, 15) is 19.8 Å². The van der Waals surface area contributed by atoms with Crippen molar-refractivity contribution in [3.8, 4) is 0 Å². The van der Waals surface area contributed by atoms with Crippen LogP contribution in [0.1, 0.15) is 174 Å². The first-order chi connectivity index (χ1) is 26.2. The Hall–Kier alpha value is -2.26. The predicted molar refractivity (Wildman–Crippen MR) is 225 cm³/mol. The van der Waals surface area contributed by atoms with E-state index in [0.717, 1.165) is 44.9 Å². The van der Waals surface area contributed by atoms with E-state index in [0.29, 0.717) is 17.4 Å². The van der Waals surface area contributed by atoms with Gasteiger partial charge in [-0.15, -0.1) is 0 Å². The van der Waals surface area contributed by atoms with Crippen molar-refractivity contribution in [1.82, 2.24) is 0 Å². The van der Waals surface area contributed by atoms with Gasteiger partial charge in [0.1, 0.15) is 19.3 Å². The number of unbranched alkanes of at least 4 members (excludes halogenated alkanes) is 20. The van der Waals surface area contributed by atoms with Crippen LogP contribution in [-0.2, 0) is 23.8 Å². The zero-order chi connectivity index (χ0) is 39.8. The molecule has 0 aromatic heterocycles. The molecule has 0 aliphatic rings. The third-order valence-electron chi connectivity index (χ3n) is 9.33. The number of carboxylic acid groups (broad SMARTS) is 1. The van der Waals surface area contributed by atoms with Crippen molar-refractivity contribution in [2.75, 3.05) is 47.5 Å². The maximum atomic E-state index is 12.0. The number of aliphatic carboxylic acids is 1. The fourth-order valence-electron chi connectivity index (χ4n) is 5.94. The summed E-state index contributed by atoms with van der Waals surface area (Å²) in [4.78, 5) is 23.3. The van der Waals surface area contributed by atoms with Crippen molar-refractivity contribution in [1.29, 1.82) is 0 Å². The third-order valence-corrected chi connectivity index (χ3v) is 9.33. The van der Waals surface area contributed by atoms with Gasteiger partial charge in [-0.3, -0.25) is 4.79 Å². The molecule has 2 atom stereocenters. The second kappa shape index (κ2) is 39.0. The van der Waals surface area contributed by atoms with Crippen molar-refractivity contribution in [2.45, 2.75) is 186 Å². The number of carbonyl (C=O) groups is 2. The lowest BCUT2D eigenvalue weighted by atomic mass is 10.0. The molecule has 0 bridgehead atoms. The Bertz CT molecular complexity index is 969. The van der Waals surface area contributed by atoms with E-state index < -0.39 is 18.4 Å². The van der Waals surface area contributed by atoms with Gasteiger partial charge in [0.05, 0.1) is 34.4 Å². The normalized spacial score (nSPS) is 13.6. The molecule has 2 N–H and O–H groups in total. The van der Waals surface area contributed by atoms with Crippen LogP contribution < -0.4 is 0 Å². The average molecular weight is 763 g/mol. The van der Waals surface area contributed by atoms with Gasteiger partial charge in [0, 0.05) is 6.42 Å². The lowest BCUT2D eigenvalue weighted by Crippen LogP contribution is -2.40. The van der Waals surface area contributed by atoms with Gasteiger partial charge in [-0.25, -0.2) is 4.79 Å². The van der Waals surface area contributed by atoms with E-state index in [4.69, 9.17) is 14.2 Å². The fourth-order valence-corrected chi connectivity index (χ4v) is 5.94. The molecule has 0 amide bonds. The van der Waals surface area contributed by atoms with E-state index in [1.54, 1.807) is 0 Å². The zero-order valence-corrected chi connectivity index (χ0v) is 35.4. The Labute approximate surface area is 332 Å². The van der Waals surface area contributed by atoms with Gasteiger partial charge < -0.3 is 28.9 Å². The van der Waals surface area contributed by atoms with Gasteiger partial charge in [0.2, 0.25) is 0 Å². The van der Waals surface area contributed by atoms with Gasteiger partial charge in [-0.1, -0.05) is 171 Å². The minimum atomic E-state index is -1.46. The van der Waals surface area contributed by atoms with E-state index in [2.05, 4.69) is 55.5 Å². The molecule has 0 rings (SSSR count). The molecule has 0 aliphatic heterocycles. The van der Waals surface area contributed by atoms with Crippen LogP contribution in [0.25, 0.3) is 0 Å². The number of likely N-dealkylation sites (N-methyl/N-ethyl adjacent to an activating group) is 1. The summed E-state index contributed by atoms with van der Waals surface area (Å²) in [6.07, 6.45) is 47.4. The second-order valence-electron chi connectivity index (χ2n) is 15.8. The Balaban J connectivity index is 3.41. The molecule has 0 aliphatic carbocycles. The van der Waals surface area contributed by atoms with Gasteiger partial charge >= 0.3 is 11.9 Å². The zero-order valence-electron chi connectivity index (χ0n) is 35.4. The Kier molecular flexibility index (Phi) is 37.4. The molecule has 0 fully saturated rings. The molecular formula is C46H84NO7+. The summed E-state index contributed by atoms with van der Waals surface area (Å²) < 4.78 is 16.2. The number of esters is 1. The molecule has 0 heterocycles.